The van der Waals surface area contributed by atoms with Crippen LogP contribution in [0.5, 0.6) is 0 Å². The van der Waals surface area contributed by atoms with Gasteiger partial charge >= 0.3 is 6.09 Å². The van der Waals surface area contributed by atoms with Gasteiger partial charge in [-0.15, -0.1) is 12.4 Å². The Kier molecular flexibility index (Phi) is 5.42. The Bertz CT molecular complexity index is 444. The average Bonchev–Trinajstić information content (AvgIpc) is 2.70. The lowest BCUT2D eigenvalue weighted by atomic mass is 9.96. The molecule has 1 N–H and O–H groups in total. The summed E-state index contributed by atoms with van der Waals surface area (Å²) >= 11 is 0. The maximum Gasteiger partial charge on any atom is 0.410 e. The van der Waals surface area contributed by atoms with Crippen molar-refractivity contribution in [3.63, 3.8) is 0 Å². The van der Waals surface area contributed by atoms with Crippen LogP contribution in [0.25, 0.3) is 0 Å². The van der Waals surface area contributed by atoms with Crippen molar-refractivity contribution in [3.05, 3.63) is 35.9 Å². The van der Waals surface area contributed by atoms with E-state index in [9.17, 15) is 9.90 Å². The molecule has 2 atom stereocenters. The summed E-state index contributed by atoms with van der Waals surface area (Å²) in [6.45, 7) is 6.35. The van der Waals surface area contributed by atoms with E-state index in [-0.39, 0.29) is 24.4 Å². The van der Waals surface area contributed by atoms with Gasteiger partial charge in [0.15, 0.2) is 0 Å². The van der Waals surface area contributed by atoms with Crippen molar-refractivity contribution in [2.45, 2.75) is 38.4 Å². The van der Waals surface area contributed by atoms with E-state index in [0.29, 0.717) is 13.1 Å². The van der Waals surface area contributed by atoms with Crippen LogP contribution in [-0.4, -0.2) is 40.9 Å². The Hall–Kier alpha value is -1.26. The number of nitrogens with zero attached hydrogens (tertiary/aromatic N) is 1. The zero-order chi connectivity index (χ0) is 14.0. The molecule has 0 aliphatic carbocycles. The quantitative estimate of drug-likeness (QED) is 0.867. The van der Waals surface area contributed by atoms with E-state index in [0.717, 1.165) is 5.56 Å². The Morgan fingerprint density at radius 3 is 2.40 bits per heavy atom. The summed E-state index contributed by atoms with van der Waals surface area (Å²) < 4.78 is 5.33. The number of carbonyl (C=O) groups is 1. The highest BCUT2D eigenvalue weighted by Crippen LogP contribution is 2.28. The van der Waals surface area contributed by atoms with E-state index >= 15 is 0 Å². The number of likely N-dealkylation sites (tertiary alicyclic amines) is 1. The second-order valence-electron chi connectivity index (χ2n) is 5.97. The third kappa shape index (κ3) is 4.12. The lowest BCUT2D eigenvalue weighted by Gasteiger charge is -2.24. The lowest BCUT2D eigenvalue weighted by Crippen LogP contribution is -2.35. The first-order valence-electron chi connectivity index (χ1n) is 6.58. The van der Waals surface area contributed by atoms with Crippen molar-refractivity contribution < 1.29 is 14.6 Å². The smallest absolute Gasteiger partial charge is 0.410 e. The highest BCUT2D eigenvalue weighted by atomic mass is 35.5. The minimum atomic E-state index is -0.532. The van der Waals surface area contributed by atoms with Crippen molar-refractivity contribution in [1.82, 2.24) is 4.90 Å². The van der Waals surface area contributed by atoms with Gasteiger partial charge in [-0.1, -0.05) is 30.3 Å². The van der Waals surface area contributed by atoms with Gasteiger partial charge < -0.3 is 14.7 Å². The number of amides is 1. The molecule has 1 heterocycles. The number of halogens is 1. The molecule has 1 saturated heterocycles. The van der Waals surface area contributed by atoms with E-state index < -0.39 is 11.7 Å². The van der Waals surface area contributed by atoms with Crippen LogP contribution in [0.15, 0.2) is 30.3 Å². The van der Waals surface area contributed by atoms with Crippen LogP contribution >= 0.6 is 12.4 Å². The molecule has 1 aromatic carbocycles. The first-order chi connectivity index (χ1) is 8.87. The first-order valence-corrected chi connectivity index (χ1v) is 6.58. The molecule has 2 rings (SSSR count). The molecular weight excluding hydrogens is 278 g/mol. The van der Waals surface area contributed by atoms with Crippen molar-refractivity contribution in [1.29, 1.82) is 0 Å². The normalized spacial score (nSPS) is 22.3. The van der Waals surface area contributed by atoms with Gasteiger partial charge in [-0.2, -0.15) is 0 Å². The van der Waals surface area contributed by atoms with Gasteiger partial charge in [-0.3, -0.25) is 0 Å². The van der Waals surface area contributed by atoms with Crippen molar-refractivity contribution in [2.24, 2.45) is 0 Å². The van der Waals surface area contributed by atoms with Gasteiger partial charge in [0.2, 0.25) is 0 Å². The van der Waals surface area contributed by atoms with Crippen molar-refractivity contribution in [3.8, 4) is 0 Å². The highest BCUT2D eigenvalue weighted by Gasteiger charge is 2.36. The Labute approximate surface area is 126 Å². The highest BCUT2D eigenvalue weighted by molar-refractivity contribution is 5.85. The molecule has 1 aliphatic heterocycles. The summed E-state index contributed by atoms with van der Waals surface area (Å²) in [6, 6.07) is 9.78. The predicted molar refractivity (Wildman–Crippen MR) is 80.2 cm³/mol. The summed E-state index contributed by atoms with van der Waals surface area (Å²) in [5, 5.41) is 10.1. The molecule has 0 unspecified atom stereocenters. The van der Waals surface area contributed by atoms with Crippen LogP contribution in [0, 0.1) is 0 Å². The molecule has 1 aliphatic rings. The van der Waals surface area contributed by atoms with Crippen LogP contribution in [0.3, 0.4) is 0 Å². The topological polar surface area (TPSA) is 49.8 Å². The van der Waals surface area contributed by atoms with E-state index in [1.54, 1.807) is 4.90 Å². The van der Waals surface area contributed by atoms with E-state index in [4.69, 9.17) is 4.74 Å². The average molecular weight is 300 g/mol. The van der Waals surface area contributed by atoms with Crippen LogP contribution in [0.2, 0.25) is 0 Å². The Balaban J connectivity index is 0.00000200. The van der Waals surface area contributed by atoms with Crippen LogP contribution in [0.4, 0.5) is 4.79 Å². The third-order valence-electron chi connectivity index (χ3n) is 3.17. The SMILES string of the molecule is CC(C)(C)OC(=O)N1C[C@@H](O)[C@H](c2ccccc2)C1.Cl. The van der Waals surface area contributed by atoms with Gasteiger partial charge in [-0.25, -0.2) is 4.79 Å². The number of benzene rings is 1. The van der Waals surface area contributed by atoms with Gasteiger partial charge in [0.05, 0.1) is 12.6 Å². The van der Waals surface area contributed by atoms with E-state index in [1.165, 1.54) is 0 Å². The molecule has 0 spiro atoms. The van der Waals surface area contributed by atoms with Gasteiger partial charge in [0.25, 0.3) is 0 Å². The summed E-state index contributed by atoms with van der Waals surface area (Å²) in [4.78, 5) is 13.6. The summed E-state index contributed by atoms with van der Waals surface area (Å²) in [5.74, 6) is -0.0336. The standard InChI is InChI=1S/C15H21NO3.ClH/c1-15(2,3)19-14(18)16-9-12(13(17)10-16)11-7-5-4-6-8-11;/h4-8,12-13,17H,9-10H2,1-3H3;1H/t12-,13+;/m0./s1. The fraction of sp³-hybridized carbons (Fsp3) is 0.533. The Morgan fingerprint density at radius 2 is 1.85 bits per heavy atom. The molecule has 4 nitrogen and oxygen atoms in total. The molecule has 1 fully saturated rings. The molecule has 0 bridgehead atoms. The number of aliphatic hydroxyl groups excluding tert-OH is 1. The number of aliphatic hydroxyl groups is 1. The third-order valence-corrected chi connectivity index (χ3v) is 3.17. The summed E-state index contributed by atoms with van der Waals surface area (Å²) in [5.41, 5.74) is 0.549. The second kappa shape index (κ2) is 6.46. The zero-order valence-corrected chi connectivity index (χ0v) is 12.9. The van der Waals surface area contributed by atoms with Gasteiger partial charge in [-0.05, 0) is 26.3 Å². The summed E-state index contributed by atoms with van der Waals surface area (Å²) in [6.07, 6.45) is -0.889. The molecule has 1 aromatic rings. The second-order valence-corrected chi connectivity index (χ2v) is 5.97. The molecule has 20 heavy (non-hydrogen) atoms. The minimum absolute atomic E-state index is 0. The number of hydrogen-bond donors (Lipinski definition) is 1. The number of carbonyl (C=O) groups excluding carboxylic acids is 1. The van der Waals surface area contributed by atoms with E-state index in [1.807, 2.05) is 51.1 Å². The van der Waals surface area contributed by atoms with Crippen LogP contribution < -0.4 is 0 Å². The first kappa shape index (κ1) is 16.8. The maximum absolute atomic E-state index is 12.0. The number of β-amino-alcohol motifs (C(OH)–C–C–N with tert-alkyl or cyclic N) is 1. The van der Waals surface area contributed by atoms with Crippen molar-refractivity contribution >= 4 is 18.5 Å². The largest absolute Gasteiger partial charge is 0.444 e. The molecule has 0 radical (unpaired) electrons. The molecular formula is C15H22ClNO3. The Morgan fingerprint density at radius 1 is 1.25 bits per heavy atom. The number of rotatable bonds is 1. The molecule has 112 valence electrons. The van der Waals surface area contributed by atoms with E-state index in [2.05, 4.69) is 0 Å². The van der Waals surface area contributed by atoms with Crippen LogP contribution in [-0.2, 0) is 4.74 Å². The summed E-state index contributed by atoms with van der Waals surface area (Å²) in [7, 11) is 0. The molecule has 0 saturated carbocycles. The molecule has 0 aromatic heterocycles. The maximum atomic E-state index is 12.0. The number of ether oxygens (including phenoxy) is 1. The molecule has 1 amide bonds. The van der Waals surface area contributed by atoms with Gasteiger partial charge in [0, 0.05) is 12.5 Å². The monoisotopic (exact) mass is 299 g/mol. The van der Waals surface area contributed by atoms with Gasteiger partial charge in [0.1, 0.15) is 5.60 Å². The predicted octanol–water partition coefficient (Wildman–Crippen LogP) is 2.80. The fourth-order valence-electron chi connectivity index (χ4n) is 2.29. The number of hydrogen-bond acceptors (Lipinski definition) is 3. The molecule has 5 heteroatoms. The fourth-order valence-corrected chi connectivity index (χ4v) is 2.29. The zero-order valence-electron chi connectivity index (χ0n) is 12.1. The lowest BCUT2D eigenvalue weighted by molar-refractivity contribution is 0.0270. The van der Waals surface area contributed by atoms with Crippen molar-refractivity contribution in [2.75, 3.05) is 13.1 Å². The van der Waals surface area contributed by atoms with Crippen LogP contribution in [0.1, 0.15) is 32.3 Å². The minimum Gasteiger partial charge on any atom is -0.444 e.